The number of nitrogens with zero attached hydrogens (tertiary/aromatic N) is 2. The first-order chi connectivity index (χ1) is 9.50. The van der Waals surface area contributed by atoms with Gasteiger partial charge < -0.3 is 4.74 Å². The zero-order valence-corrected chi connectivity index (χ0v) is 13.2. The number of methoxy groups -OCH3 is 1. The van der Waals surface area contributed by atoms with E-state index in [0.29, 0.717) is 19.0 Å². The Kier molecular flexibility index (Phi) is 4.77. The molecule has 1 aromatic rings. The van der Waals surface area contributed by atoms with Crippen LogP contribution in [0, 0.1) is 5.92 Å². The summed E-state index contributed by atoms with van der Waals surface area (Å²) in [5, 5.41) is 0. The van der Waals surface area contributed by atoms with E-state index in [1.807, 2.05) is 0 Å². The molecule has 1 atom stereocenters. The minimum atomic E-state index is -3.64. The number of ether oxygens (including phenoxy) is 1. The van der Waals surface area contributed by atoms with Crippen LogP contribution < -0.4 is 0 Å². The van der Waals surface area contributed by atoms with E-state index in [0.717, 1.165) is 30.6 Å². The monoisotopic (exact) mass is 318 g/mol. The normalized spacial score (nSPS) is 20.2. The SMILES string of the molecule is CCCC1CCN(S(=O)(=O)c2scnc2C(=O)OC)C1. The van der Waals surface area contributed by atoms with Crippen LogP contribution in [0.4, 0.5) is 0 Å². The van der Waals surface area contributed by atoms with Gasteiger partial charge in [0.1, 0.15) is 0 Å². The van der Waals surface area contributed by atoms with Gasteiger partial charge in [0, 0.05) is 13.1 Å². The first kappa shape index (κ1) is 15.4. The molecule has 20 heavy (non-hydrogen) atoms. The fourth-order valence-electron chi connectivity index (χ4n) is 2.43. The Hall–Kier alpha value is -0.990. The highest BCUT2D eigenvalue weighted by atomic mass is 32.2. The summed E-state index contributed by atoms with van der Waals surface area (Å²) in [6.45, 7) is 3.12. The summed E-state index contributed by atoms with van der Waals surface area (Å²) in [4.78, 5) is 15.4. The molecular weight excluding hydrogens is 300 g/mol. The third kappa shape index (κ3) is 2.87. The molecule has 8 heteroatoms. The molecule has 2 rings (SSSR count). The van der Waals surface area contributed by atoms with E-state index < -0.39 is 16.0 Å². The average Bonchev–Trinajstić information content (AvgIpc) is 3.07. The summed E-state index contributed by atoms with van der Waals surface area (Å²) in [5.74, 6) is -0.307. The third-order valence-electron chi connectivity index (χ3n) is 3.43. The lowest BCUT2D eigenvalue weighted by molar-refractivity contribution is 0.0590. The van der Waals surface area contributed by atoms with Crippen LogP contribution in [0.15, 0.2) is 9.72 Å². The van der Waals surface area contributed by atoms with Crippen LogP contribution in [0.5, 0.6) is 0 Å². The highest BCUT2D eigenvalue weighted by Gasteiger charge is 2.36. The van der Waals surface area contributed by atoms with E-state index in [2.05, 4.69) is 16.6 Å². The number of thiazole rings is 1. The van der Waals surface area contributed by atoms with Crippen LogP contribution in [-0.4, -0.2) is 43.9 Å². The molecule has 6 nitrogen and oxygen atoms in total. The van der Waals surface area contributed by atoms with E-state index in [9.17, 15) is 13.2 Å². The van der Waals surface area contributed by atoms with Gasteiger partial charge in [-0.3, -0.25) is 0 Å². The maximum Gasteiger partial charge on any atom is 0.358 e. The van der Waals surface area contributed by atoms with Crippen molar-refractivity contribution in [3.05, 3.63) is 11.2 Å². The van der Waals surface area contributed by atoms with Gasteiger partial charge in [0.25, 0.3) is 10.0 Å². The highest BCUT2D eigenvalue weighted by molar-refractivity contribution is 7.91. The summed E-state index contributed by atoms with van der Waals surface area (Å²) in [7, 11) is -2.43. The molecule has 0 N–H and O–H groups in total. The lowest BCUT2D eigenvalue weighted by Crippen LogP contribution is -2.29. The number of aromatic nitrogens is 1. The van der Waals surface area contributed by atoms with Gasteiger partial charge in [-0.15, -0.1) is 11.3 Å². The second-order valence-corrected chi connectivity index (χ2v) is 7.77. The van der Waals surface area contributed by atoms with Crippen LogP contribution >= 0.6 is 11.3 Å². The van der Waals surface area contributed by atoms with Gasteiger partial charge in [-0.1, -0.05) is 13.3 Å². The van der Waals surface area contributed by atoms with Crippen molar-refractivity contribution in [2.24, 2.45) is 5.92 Å². The maximum atomic E-state index is 12.6. The molecule has 0 amide bonds. The summed E-state index contributed by atoms with van der Waals surface area (Å²) < 4.78 is 31.2. The molecule has 1 aromatic heterocycles. The Morgan fingerprint density at radius 1 is 1.60 bits per heavy atom. The minimum absolute atomic E-state index is 0.0125. The zero-order valence-electron chi connectivity index (χ0n) is 11.5. The van der Waals surface area contributed by atoms with Crippen molar-refractivity contribution in [2.75, 3.05) is 20.2 Å². The van der Waals surface area contributed by atoms with Gasteiger partial charge in [-0.05, 0) is 18.8 Å². The van der Waals surface area contributed by atoms with Crippen LogP contribution in [-0.2, 0) is 14.8 Å². The number of rotatable bonds is 5. The van der Waals surface area contributed by atoms with Crippen LogP contribution in [0.1, 0.15) is 36.7 Å². The topological polar surface area (TPSA) is 76.6 Å². The molecule has 1 fully saturated rings. The summed E-state index contributed by atoms with van der Waals surface area (Å²) in [5.41, 5.74) is 1.25. The number of carbonyl (C=O) groups excluding carboxylic acids is 1. The maximum absolute atomic E-state index is 12.6. The molecule has 1 aliphatic rings. The predicted molar refractivity (Wildman–Crippen MR) is 75.2 cm³/mol. The van der Waals surface area contributed by atoms with Gasteiger partial charge in [0.05, 0.1) is 12.6 Å². The molecule has 0 saturated carbocycles. The summed E-state index contributed by atoms with van der Waals surface area (Å²) in [6, 6.07) is 0. The lowest BCUT2D eigenvalue weighted by Gasteiger charge is -2.15. The first-order valence-corrected chi connectivity index (χ1v) is 8.84. The minimum Gasteiger partial charge on any atom is -0.464 e. The van der Waals surface area contributed by atoms with Gasteiger partial charge in [0.2, 0.25) is 0 Å². The van der Waals surface area contributed by atoms with E-state index in [1.165, 1.54) is 16.9 Å². The zero-order chi connectivity index (χ0) is 14.8. The lowest BCUT2D eigenvalue weighted by atomic mass is 10.0. The van der Waals surface area contributed by atoms with Crippen LogP contribution in [0.2, 0.25) is 0 Å². The number of esters is 1. The van der Waals surface area contributed by atoms with E-state index in [4.69, 9.17) is 0 Å². The Bertz CT molecular complexity index is 582. The van der Waals surface area contributed by atoms with Crippen molar-refractivity contribution in [2.45, 2.75) is 30.4 Å². The molecule has 2 heterocycles. The second kappa shape index (κ2) is 6.19. The van der Waals surface area contributed by atoms with Gasteiger partial charge in [-0.25, -0.2) is 18.2 Å². The molecule has 0 aromatic carbocycles. The third-order valence-corrected chi connectivity index (χ3v) is 6.65. The van der Waals surface area contributed by atoms with Crippen molar-refractivity contribution < 1.29 is 17.9 Å². The van der Waals surface area contributed by atoms with Crippen molar-refractivity contribution in [1.82, 2.24) is 9.29 Å². The Morgan fingerprint density at radius 3 is 3.00 bits per heavy atom. The molecule has 1 saturated heterocycles. The van der Waals surface area contributed by atoms with Crippen molar-refractivity contribution in [3.8, 4) is 0 Å². The molecular formula is C12H18N2O4S2. The van der Waals surface area contributed by atoms with Gasteiger partial charge in [-0.2, -0.15) is 4.31 Å². The number of carbonyl (C=O) groups is 1. The van der Waals surface area contributed by atoms with E-state index in [1.54, 1.807) is 0 Å². The molecule has 0 bridgehead atoms. The number of hydrogen-bond acceptors (Lipinski definition) is 6. The van der Waals surface area contributed by atoms with Gasteiger partial charge in [0.15, 0.2) is 9.90 Å². The smallest absolute Gasteiger partial charge is 0.358 e. The van der Waals surface area contributed by atoms with Crippen LogP contribution in [0.25, 0.3) is 0 Å². The number of sulfonamides is 1. The van der Waals surface area contributed by atoms with E-state index in [-0.39, 0.29) is 9.90 Å². The predicted octanol–water partition coefficient (Wildman–Crippen LogP) is 1.74. The van der Waals surface area contributed by atoms with E-state index >= 15 is 0 Å². The summed E-state index contributed by atoms with van der Waals surface area (Å²) >= 11 is 0.960. The standard InChI is InChI=1S/C12H18N2O4S2/c1-3-4-9-5-6-14(7-9)20(16,17)12-10(11(15)18-2)13-8-19-12/h8-9H,3-7H2,1-2H3. The number of hydrogen-bond donors (Lipinski definition) is 0. The second-order valence-electron chi connectivity index (χ2n) is 4.79. The molecule has 0 spiro atoms. The molecule has 1 aliphatic heterocycles. The van der Waals surface area contributed by atoms with Crippen LogP contribution in [0.3, 0.4) is 0 Å². The fourth-order valence-corrected chi connectivity index (χ4v) is 5.23. The van der Waals surface area contributed by atoms with Gasteiger partial charge >= 0.3 is 5.97 Å². The first-order valence-electron chi connectivity index (χ1n) is 6.52. The Morgan fingerprint density at radius 2 is 2.35 bits per heavy atom. The quantitative estimate of drug-likeness (QED) is 0.773. The molecule has 112 valence electrons. The molecule has 1 unspecified atom stereocenters. The molecule has 0 radical (unpaired) electrons. The Labute approximate surface area is 122 Å². The molecule has 0 aliphatic carbocycles. The van der Waals surface area contributed by atoms with Crippen molar-refractivity contribution >= 4 is 27.3 Å². The summed E-state index contributed by atoms with van der Waals surface area (Å²) in [6.07, 6.45) is 2.95. The Balaban J connectivity index is 2.24. The highest BCUT2D eigenvalue weighted by Crippen LogP contribution is 2.30. The van der Waals surface area contributed by atoms with Crippen molar-refractivity contribution in [1.29, 1.82) is 0 Å². The average molecular weight is 318 g/mol. The van der Waals surface area contributed by atoms with Crippen molar-refractivity contribution in [3.63, 3.8) is 0 Å². The fraction of sp³-hybridized carbons (Fsp3) is 0.667. The largest absolute Gasteiger partial charge is 0.464 e.